The average Bonchev–Trinajstić information content (AvgIpc) is 2.86. The lowest BCUT2D eigenvalue weighted by Crippen LogP contribution is -2.45. The lowest BCUT2D eigenvalue weighted by atomic mass is 10.2. The molecule has 1 aromatic carbocycles. The van der Waals surface area contributed by atoms with E-state index in [-0.39, 0.29) is 24.4 Å². The van der Waals surface area contributed by atoms with Gasteiger partial charge in [-0.15, -0.1) is 12.4 Å². The third-order valence-electron chi connectivity index (χ3n) is 3.58. The zero-order chi connectivity index (χ0) is 13.8. The fourth-order valence-corrected chi connectivity index (χ4v) is 2.55. The van der Waals surface area contributed by atoms with Crippen molar-refractivity contribution in [3.8, 4) is 5.75 Å². The number of halogens is 1. The second kappa shape index (κ2) is 7.50. The summed E-state index contributed by atoms with van der Waals surface area (Å²) in [5.74, 6) is 0.777. The van der Waals surface area contributed by atoms with Gasteiger partial charge in [-0.05, 0) is 44.4 Å². The van der Waals surface area contributed by atoms with Crippen LogP contribution in [0.5, 0.6) is 5.75 Å². The highest BCUT2D eigenvalue weighted by Crippen LogP contribution is 2.20. The summed E-state index contributed by atoms with van der Waals surface area (Å²) in [7, 11) is 0. The molecule has 2 unspecified atom stereocenters. The van der Waals surface area contributed by atoms with Gasteiger partial charge in [0.15, 0.2) is 6.10 Å². The van der Waals surface area contributed by atoms with Gasteiger partial charge in [-0.2, -0.15) is 0 Å². The van der Waals surface area contributed by atoms with Gasteiger partial charge >= 0.3 is 0 Å². The van der Waals surface area contributed by atoms with Crippen molar-refractivity contribution in [2.45, 2.75) is 38.8 Å². The highest BCUT2D eigenvalue weighted by atomic mass is 35.5. The van der Waals surface area contributed by atoms with Crippen molar-refractivity contribution in [3.63, 3.8) is 0 Å². The molecule has 0 saturated carbocycles. The molecule has 0 spiro atoms. The van der Waals surface area contributed by atoms with Crippen molar-refractivity contribution in [3.05, 3.63) is 29.8 Å². The van der Waals surface area contributed by atoms with Gasteiger partial charge in [-0.3, -0.25) is 4.79 Å². The molecule has 1 heterocycles. The van der Waals surface area contributed by atoms with Crippen LogP contribution in [0.1, 0.15) is 25.3 Å². The van der Waals surface area contributed by atoms with Gasteiger partial charge in [0.05, 0.1) is 0 Å². The Morgan fingerprint density at radius 1 is 1.55 bits per heavy atom. The molecule has 0 bridgehead atoms. The number of nitrogens with two attached hydrogens (primary N) is 1. The zero-order valence-corrected chi connectivity index (χ0v) is 12.9. The predicted octanol–water partition coefficient (Wildman–Crippen LogP) is 2.13. The molecular formula is C15H23ClN2O2. The Balaban J connectivity index is 0.00000200. The van der Waals surface area contributed by atoms with E-state index in [1.165, 1.54) is 0 Å². The maximum Gasteiger partial charge on any atom is 0.263 e. The van der Waals surface area contributed by atoms with E-state index in [1.807, 2.05) is 36.1 Å². The lowest BCUT2D eigenvalue weighted by Gasteiger charge is -2.26. The molecule has 112 valence electrons. The van der Waals surface area contributed by atoms with Gasteiger partial charge in [0, 0.05) is 19.1 Å². The second-order valence-electron chi connectivity index (χ2n) is 5.14. The summed E-state index contributed by atoms with van der Waals surface area (Å²) >= 11 is 0. The van der Waals surface area contributed by atoms with Crippen LogP contribution in [0, 0.1) is 6.92 Å². The maximum atomic E-state index is 12.3. The lowest BCUT2D eigenvalue weighted by molar-refractivity contribution is -0.138. The summed E-state index contributed by atoms with van der Waals surface area (Å²) in [5.41, 5.74) is 6.82. The van der Waals surface area contributed by atoms with E-state index in [2.05, 4.69) is 0 Å². The largest absolute Gasteiger partial charge is 0.481 e. The fraction of sp³-hybridized carbons (Fsp3) is 0.533. The fourth-order valence-electron chi connectivity index (χ4n) is 2.55. The van der Waals surface area contributed by atoms with Gasteiger partial charge in [0.2, 0.25) is 0 Å². The van der Waals surface area contributed by atoms with Crippen LogP contribution in [0.15, 0.2) is 24.3 Å². The van der Waals surface area contributed by atoms with Gasteiger partial charge in [0.25, 0.3) is 5.91 Å². The summed E-state index contributed by atoms with van der Waals surface area (Å²) in [6, 6.07) is 7.93. The standard InChI is InChI=1S/C15H22N2O2.ClH/c1-11-5-3-7-14(9-11)19-12(2)15(18)17-8-4-6-13(17)10-16;/h3,5,7,9,12-13H,4,6,8,10,16H2,1-2H3;1H. The number of hydrogen-bond donors (Lipinski definition) is 1. The van der Waals surface area contributed by atoms with E-state index >= 15 is 0 Å². The van der Waals surface area contributed by atoms with E-state index in [9.17, 15) is 4.79 Å². The quantitative estimate of drug-likeness (QED) is 0.926. The van der Waals surface area contributed by atoms with E-state index in [0.717, 1.165) is 30.7 Å². The number of hydrogen-bond acceptors (Lipinski definition) is 3. The molecule has 1 fully saturated rings. The Morgan fingerprint density at radius 2 is 2.30 bits per heavy atom. The minimum atomic E-state index is -0.464. The minimum absolute atomic E-state index is 0. The van der Waals surface area contributed by atoms with Crippen LogP contribution in [0.2, 0.25) is 0 Å². The van der Waals surface area contributed by atoms with Crippen molar-refractivity contribution >= 4 is 18.3 Å². The first-order valence-electron chi connectivity index (χ1n) is 6.85. The molecule has 0 aliphatic carbocycles. The molecule has 2 rings (SSSR count). The molecule has 1 aliphatic rings. The Labute approximate surface area is 126 Å². The molecule has 0 radical (unpaired) electrons. The molecule has 0 aromatic heterocycles. The van der Waals surface area contributed by atoms with Gasteiger partial charge in [-0.1, -0.05) is 12.1 Å². The number of carbonyl (C=O) groups is 1. The normalized spacial score (nSPS) is 19.4. The first kappa shape index (κ1) is 16.8. The Bertz CT molecular complexity index is 453. The Kier molecular flexibility index (Phi) is 6.30. The van der Waals surface area contributed by atoms with Crippen LogP contribution in [-0.4, -0.2) is 36.0 Å². The van der Waals surface area contributed by atoms with Crippen LogP contribution in [0.25, 0.3) is 0 Å². The number of aryl methyl sites for hydroxylation is 1. The third-order valence-corrected chi connectivity index (χ3v) is 3.58. The molecule has 1 aromatic rings. The SMILES string of the molecule is Cc1cccc(OC(C)C(=O)N2CCCC2CN)c1.Cl. The average molecular weight is 299 g/mol. The van der Waals surface area contributed by atoms with Crippen molar-refractivity contribution in [2.75, 3.05) is 13.1 Å². The number of carbonyl (C=O) groups excluding carboxylic acids is 1. The van der Waals surface area contributed by atoms with Crippen molar-refractivity contribution in [2.24, 2.45) is 5.73 Å². The van der Waals surface area contributed by atoms with Crippen LogP contribution < -0.4 is 10.5 Å². The second-order valence-corrected chi connectivity index (χ2v) is 5.14. The van der Waals surface area contributed by atoms with Gasteiger partial charge in [-0.25, -0.2) is 0 Å². The molecular weight excluding hydrogens is 276 g/mol. The summed E-state index contributed by atoms with van der Waals surface area (Å²) in [4.78, 5) is 14.2. The summed E-state index contributed by atoms with van der Waals surface area (Å²) in [6.45, 7) is 5.13. The highest BCUT2D eigenvalue weighted by Gasteiger charge is 2.31. The molecule has 1 amide bonds. The first-order chi connectivity index (χ1) is 9.11. The summed E-state index contributed by atoms with van der Waals surface area (Å²) in [5, 5.41) is 0. The molecule has 1 aliphatic heterocycles. The van der Waals surface area contributed by atoms with Crippen LogP contribution in [0.4, 0.5) is 0 Å². The zero-order valence-electron chi connectivity index (χ0n) is 12.0. The van der Waals surface area contributed by atoms with E-state index in [1.54, 1.807) is 6.92 Å². The highest BCUT2D eigenvalue weighted by molar-refractivity contribution is 5.85. The molecule has 4 nitrogen and oxygen atoms in total. The molecule has 5 heteroatoms. The molecule has 20 heavy (non-hydrogen) atoms. The van der Waals surface area contributed by atoms with Crippen molar-refractivity contribution in [1.29, 1.82) is 0 Å². The molecule has 2 N–H and O–H groups in total. The van der Waals surface area contributed by atoms with Gasteiger partial charge in [0.1, 0.15) is 5.75 Å². The van der Waals surface area contributed by atoms with Crippen molar-refractivity contribution in [1.82, 2.24) is 4.90 Å². The number of amides is 1. The number of benzene rings is 1. The minimum Gasteiger partial charge on any atom is -0.481 e. The topological polar surface area (TPSA) is 55.6 Å². The number of ether oxygens (including phenoxy) is 1. The third kappa shape index (κ3) is 3.87. The van der Waals surface area contributed by atoms with E-state index in [0.29, 0.717) is 6.54 Å². The predicted molar refractivity (Wildman–Crippen MR) is 82.3 cm³/mol. The van der Waals surface area contributed by atoms with E-state index < -0.39 is 6.10 Å². The van der Waals surface area contributed by atoms with Gasteiger partial charge < -0.3 is 15.4 Å². The monoisotopic (exact) mass is 298 g/mol. The summed E-state index contributed by atoms with van der Waals surface area (Å²) in [6.07, 6.45) is 1.57. The number of rotatable bonds is 4. The van der Waals surface area contributed by atoms with E-state index in [4.69, 9.17) is 10.5 Å². The van der Waals surface area contributed by atoms with Crippen LogP contribution >= 0.6 is 12.4 Å². The number of likely N-dealkylation sites (tertiary alicyclic amines) is 1. The summed E-state index contributed by atoms with van der Waals surface area (Å²) < 4.78 is 5.73. The van der Waals surface area contributed by atoms with Crippen LogP contribution in [0.3, 0.4) is 0 Å². The molecule has 2 atom stereocenters. The smallest absolute Gasteiger partial charge is 0.263 e. The van der Waals surface area contributed by atoms with Crippen LogP contribution in [-0.2, 0) is 4.79 Å². The molecule has 1 saturated heterocycles. The van der Waals surface area contributed by atoms with Crippen molar-refractivity contribution < 1.29 is 9.53 Å². The Morgan fingerprint density at radius 3 is 2.95 bits per heavy atom. The number of nitrogens with zero attached hydrogens (tertiary/aromatic N) is 1. The first-order valence-corrected chi connectivity index (χ1v) is 6.85. The Hall–Kier alpha value is -1.26. The maximum absolute atomic E-state index is 12.3.